The summed E-state index contributed by atoms with van der Waals surface area (Å²) in [5, 5.41) is 0. The summed E-state index contributed by atoms with van der Waals surface area (Å²) in [6, 6.07) is 7.94. The molecule has 4 nitrogen and oxygen atoms in total. The molecule has 4 heteroatoms. The first kappa shape index (κ1) is 16.1. The molecule has 1 saturated carbocycles. The van der Waals surface area contributed by atoms with Gasteiger partial charge in [-0.05, 0) is 50.7 Å². The minimum absolute atomic E-state index is 0.171. The second kappa shape index (κ2) is 6.49. The van der Waals surface area contributed by atoms with E-state index >= 15 is 0 Å². The van der Waals surface area contributed by atoms with E-state index in [2.05, 4.69) is 4.90 Å². The van der Waals surface area contributed by atoms with E-state index in [0.29, 0.717) is 0 Å². The average Bonchev–Trinajstić information content (AvgIpc) is 3.41. The molecule has 1 aromatic carbocycles. The summed E-state index contributed by atoms with van der Waals surface area (Å²) in [7, 11) is 0. The van der Waals surface area contributed by atoms with Crippen molar-refractivity contribution in [2.24, 2.45) is 5.92 Å². The quantitative estimate of drug-likeness (QED) is 0.855. The number of carbonyl (C=O) groups excluding carboxylic acids is 1. The molecule has 0 N–H and O–H groups in total. The first-order chi connectivity index (χ1) is 11.7. The van der Waals surface area contributed by atoms with Crippen LogP contribution in [0, 0.1) is 12.8 Å². The number of amides is 1. The van der Waals surface area contributed by atoms with E-state index < -0.39 is 0 Å². The van der Waals surface area contributed by atoms with Gasteiger partial charge in [-0.1, -0.05) is 17.7 Å². The lowest BCUT2D eigenvalue weighted by atomic mass is 9.85. The zero-order chi connectivity index (χ0) is 16.6. The molecule has 0 atom stereocenters. The lowest BCUT2D eigenvalue weighted by Crippen LogP contribution is -2.62. The number of hydrogen-bond donors (Lipinski definition) is 0. The van der Waals surface area contributed by atoms with Crippen LogP contribution < -0.4 is 0 Å². The maximum Gasteiger partial charge on any atom is 0.253 e. The number of carbonyl (C=O) groups is 1. The van der Waals surface area contributed by atoms with Gasteiger partial charge in [0, 0.05) is 37.3 Å². The van der Waals surface area contributed by atoms with Crippen molar-refractivity contribution in [3.63, 3.8) is 0 Å². The third kappa shape index (κ3) is 3.22. The fourth-order valence-electron chi connectivity index (χ4n) is 4.21. The largest absolute Gasteiger partial charge is 0.378 e. The molecule has 1 amide bonds. The van der Waals surface area contributed by atoms with Crippen LogP contribution in [0.3, 0.4) is 0 Å². The van der Waals surface area contributed by atoms with Crippen molar-refractivity contribution in [1.29, 1.82) is 0 Å². The summed E-state index contributed by atoms with van der Waals surface area (Å²) in [5.74, 6) is 1.09. The third-order valence-electron chi connectivity index (χ3n) is 5.97. The average molecular weight is 328 g/mol. The van der Waals surface area contributed by atoms with Crippen molar-refractivity contribution >= 4 is 5.91 Å². The molecule has 4 rings (SSSR count). The van der Waals surface area contributed by atoms with Crippen LogP contribution in [0.1, 0.15) is 41.6 Å². The molecular formula is C20H28N2O2. The van der Waals surface area contributed by atoms with Gasteiger partial charge in [-0.15, -0.1) is 0 Å². The highest BCUT2D eigenvalue weighted by Crippen LogP contribution is 2.37. The molecule has 0 aromatic heterocycles. The standard InChI is InChI=1S/C20H28N2O2/c1-16-3-2-4-18(13-16)19(23)21-9-7-20(8-10-21)15-24-12-11-22(20)14-17-5-6-17/h2-4,13,17H,5-12,14-15H2,1H3. The van der Waals surface area contributed by atoms with Crippen LogP contribution >= 0.6 is 0 Å². The van der Waals surface area contributed by atoms with Crippen LogP contribution in [0.5, 0.6) is 0 Å². The normalized spacial score (nSPS) is 24.3. The van der Waals surface area contributed by atoms with Gasteiger partial charge in [-0.25, -0.2) is 0 Å². The van der Waals surface area contributed by atoms with E-state index in [0.717, 1.165) is 62.7 Å². The zero-order valence-corrected chi connectivity index (χ0v) is 14.7. The molecule has 24 heavy (non-hydrogen) atoms. The Morgan fingerprint density at radius 1 is 1.25 bits per heavy atom. The Morgan fingerprint density at radius 2 is 2.04 bits per heavy atom. The number of piperidine rings is 1. The van der Waals surface area contributed by atoms with Crippen LogP contribution in [-0.4, -0.2) is 60.6 Å². The molecule has 2 saturated heterocycles. The van der Waals surface area contributed by atoms with E-state index in [-0.39, 0.29) is 11.4 Å². The van der Waals surface area contributed by atoms with Gasteiger partial charge in [-0.3, -0.25) is 9.69 Å². The monoisotopic (exact) mass is 328 g/mol. The van der Waals surface area contributed by atoms with Gasteiger partial charge in [-0.2, -0.15) is 0 Å². The van der Waals surface area contributed by atoms with Gasteiger partial charge < -0.3 is 9.64 Å². The fourth-order valence-corrected chi connectivity index (χ4v) is 4.21. The molecule has 0 radical (unpaired) electrons. The maximum absolute atomic E-state index is 12.8. The molecule has 1 aliphatic carbocycles. The lowest BCUT2D eigenvalue weighted by Gasteiger charge is -2.51. The number of likely N-dealkylation sites (tertiary alicyclic amines) is 1. The molecule has 0 bridgehead atoms. The Morgan fingerprint density at radius 3 is 2.75 bits per heavy atom. The van der Waals surface area contributed by atoms with Crippen LogP contribution in [0.25, 0.3) is 0 Å². The Kier molecular flexibility index (Phi) is 4.35. The third-order valence-corrected chi connectivity index (χ3v) is 5.97. The van der Waals surface area contributed by atoms with E-state index in [4.69, 9.17) is 4.74 Å². The van der Waals surface area contributed by atoms with Gasteiger partial charge in [0.25, 0.3) is 5.91 Å². The Balaban J connectivity index is 1.42. The predicted octanol–water partition coefficient (Wildman–Crippen LogP) is 2.71. The highest BCUT2D eigenvalue weighted by atomic mass is 16.5. The summed E-state index contributed by atoms with van der Waals surface area (Å²) in [6.07, 6.45) is 4.87. The number of hydrogen-bond acceptors (Lipinski definition) is 3. The highest BCUT2D eigenvalue weighted by molar-refractivity contribution is 5.94. The first-order valence-electron chi connectivity index (χ1n) is 9.35. The lowest BCUT2D eigenvalue weighted by molar-refractivity contribution is -0.0932. The molecule has 2 heterocycles. The highest BCUT2D eigenvalue weighted by Gasteiger charge is 2.44. The van der Waals surface area contributed by atoms with Crippen molar-refractivity contribution in [2.75, 3.05) is 39.4 Å². The van der Waals surface area contributed by atoms with Gasteiger partial charge in [0.05, 0.1) is 13.2 Å². The maximum atomic E-state index is 12.8. The minimum atomic E-state index is 0.171. The van der Waals surface area contributed by atoms with Gasteiger partial charge in [0.1, 0.15) is 0 Å². The van der Waals surface area contributed by atoms with Crippen LogP contribution in [0.4, 0.5) is 0 Å². The summed E-state index contributed by atoms with van der Waals surface area (Å²) < 4.78 is 5.85. The Labute approximate surface area is 144 Å². The minimum Gasteiger partial charge on any atom is -0.378 e. The molecule has 3 fully saturated rings. The molecule has 0 unspecified atom stereocenters. The molecule has 130 valence electrons. The summed E-state index contributed by atoms with van der Waals surface area (Å²) in [5.41, 5.74) is 2.14. The summed E-state index contributed by atoms with van der Waals surface area (Å²) in [4.78, 5) is 17.5. The van der Waals surface area contributed by atoms with Crippen molar-refractivity contribution in [2.45, 2.75) is 38.1 Å². The summed E-state index contributed by atoms with van der Waals surface area (Å²) in [6.45, 7) is 7.72. The molecular weight excluding hydrogens is 300 g/mol. The number of aryl methyl sites for hydroxylation is 1. The van der Waals surface area contributed by atoms with Gasteiger partial charge in [0.15, 0.2) is 0 Å². The molecule has 3 aliphatic rings. The van der Waals surface area contributed by atoms with E-state index in [1.807, 2.05) is 36.1 Å². The molecule has 1 aromatic rings. The van der Waals surface area contributed by atoms with E-state index in [9.17, 15) is 4.79 Å². The second-order valence-corrected chi connectivity index (χ2v) is 7.83. The predicted molar refractivity (Wildman–Crippen MR) is 94.2 cm³/mol. The molecule has 2 aliphatic heterocycles. The number of nitrogens with zero attached hydrogens (tertiary/aromatic N) is 2. The van der Waals surface area contributed by atoms with Crippen LogP contribution in [0.2, 0.25) is 0 Å². The van der Waals surface area contributed by atoms with E-state index in [1.54, 1.807) is 0 Å². The number of benzene rings is 1. The first-order valence-corrected chi connectivity index (χ1v) is 9.35. The smallest absolute Gasteiger partial charge is 0.253 e. The zero-order valence-electron chi connectivity index (χ0n) is 14.7. The van der Waals surface area contributed by atoms with Crippen molar-refractivity contribution < 1.29 is 9.53 Å². The number of ether oxygens (including phenoxy) is 1. The Bertz CT molecular complexity index is 603. The Hall–Kier alpha value is -1.39. The van der Waals surface area contributed by atoms with Gasteiger partial charge >= 0.3 is 0 Å². The fraction of sp³-hybridized carbons (Fsp3) is 0.650. The SMILES string of the molecule is Cc1cccc(C(=O)N2CCC3(CC2)COCCN3CC2CC2)c1. The summed E-state index contributed by atoms with van der Waals surface area (Å²) >= 11 is 0. The van der Waals surface area contributed by atoms with Crippen molar-refractivity contribution in [1.82, 2.24) is 9.80 Å². The van der Waals surface area contributed by atoms with E-state index in [1.165, 1.54) is 19.4 Å². The molecule has 1 spiro atoms. The number of rotatable bonds is 3. The van der Waals surface area contributed by atoms with Crippen molar-refractivity contribution in [3.8, 4) is 0 Å². The van der Waals surface area contributed by atoms with Crippen molar-refractivity contribution in [3.05, 3.63) is 35.4 Å². The van der Waals surface area contributed by atoms with Crippen LogP contribution in [0.15, 0.2) is 24.3 Å². The second-order valence-electron chi connectivity index (χ2n) is 7.83. The van der Waals surface area contributed by atoms with Crippen LogP contribution in [-0.2, 0) is 4.74 Å². The topological polar surface area (TPSA) is 32.8 Å². The van der Waals surface area contributed by atoms with Gasteiger partial charge in [0.2, 0.25) is 0 Å². The number of morpholine rings is 1.